The van der Waals surface area contributed by atoms with E-state index in [0.717, 1.165) is 18.4 Å². The van der Waals surface area contributed by atoms with Crippen LogP contribution in [0.15, 0.2) is 30.3 Å². The Morgan fingerprint density at radius 2 is 1.93 bits per heavy atom. The molecule has 1 aromatic rings. The third-order valence-corrected chi connectivity index (χ3v) is 6.14. The second-order valence-corrected chi connectivity index (χ2v) is 8.15. The smallest absolute Gasteiger partial charge is 0.310 e. The fourth-order valence-electron chi connectivity index (χ4n) is 4.01. The van der Waals surface area contributed by atoms with Gasteiger partial charge < -0.3 is 20.3 Å². The highest BCUT2D eigenvalue weighted by molar-refractivity contribution is 5.73. The number of nitrogens with two attached hydrogens (primary N) is 1. The topological polar surface area (TPSA) is 98.9 Å². The van der Waals surface area contributed by atoms with Gasteiger partial charge >= 0.3 is 11.9 Å². The summed E-state index contributed by atoms with van der Waals surface area (Å²) >= 11 is 0. The normalized spacial score (nSPS) is 22.5. The molecule has 0 saturated carbocycles. The molecule has 0 radical (unpaired) electrons. The zero-order valence-electron chi connectivity index (χ0n) is 18.0. The van der Waals surface area contributed by atoms with Gasteiger partial charge in [0.2, 0.25) is 0 Å². The van der Waals surface area contributed by atoms with E-state index in [0.29, 0.717) is 12.8 Å². The quantitative estimate of drug-likeness (QED) is 0.345. The molecule has 0 aromatic heterocycles. The Labute approximate surface area is 179 Å². The zero-order valence-corrected chi connectivity index (χ0v) is 18.0. The van der Waals surface area contributed by atoms with E-state index in [1.165, 1.54) is 7.11 Å². The average molecular weight is 416 g/mol. The van der Waals surface area contributed by atoms with Crippen molar-refractivity contribution in [3.63, 3.8) is 0 Å². The van der Waals surface area contributed by atoms with Gasteiger partial charge in [0.05, 0.1) is 11.8 Å². The lowest BCUT2D eigenvalue weighted by atomic mass is 9.75. The molecule has 5 unspecified atom stereocenters. The molecule has 0 amide bonds. The van der Waals surface area contributed by atoms with Crippen LogP contribution in [0.25, 0.3) is 0 Å². The molecule has 164 valence electrons. The summed E-state index contributed by atoms with van der Waals surface area (Å²) in [5.41, 5.74) is 6.89. The van der Waals surface area contributed by atoms with Crippen LogP contribution >= 0.6 is 0 Å². The van der Waals surface area contributed by atoms with Crippen molar-refractivity contribution in [1.82, 2.24) is 0 Å². The Kier molecular flexibility index (Phi) is 9.35. The Bertz CT molecular complexity index is 754. The third-order valence-electron chi connectivity index (χ3n) is 6.14. The number of ether oxygens (including phenoxy) is 2. The first-order chi connectivity index (χ1) is 14.3. The number of hydrogen-bond acceptors (Lipinski definition) is 5. The Hall–Kier alpha value is -2.36. The van der Waals surface area contributed by atoms with Gasteiger partial charge in [0.25, 0.3) is 0 Å². The van der Waals surface area contributed by atoms with Crippen molar-refractivity contribution in [2.24, 2.45) is 35.3 Å². The highest BCUT2D eigenvalue weighted by atomic mass is 16.5. The van der Waals surface area contributed by atoms with Crippen molar-refractivity contribution in [3.05, 3.63) is 35.9 Å². The summed E-state index contributed by atoms with van der Waals surface area (Å²) < 4.78 is 10.7. The zero-order chi connectivity index (χ0) is 22.1. The Balaban J connectivity index is 1.97. The van der Waals surface area contributed by atoms with E-state index in [-0.39, 0.29) is 36.2 Å². The minimum atomic E-state index is -0.838. The van der Waals surface area contributed by atoms with Crippen molar-refractivity contribution in [1.29, 1.82) is 0 Å². The van der Waals surface area contributed by atoms with Crippen LogP contribution in [0.5, 0.6) is 0 Å². The van der Waals surface area contributed by atoms with Crippen LogP contribution in [0.2, 0.25) is 0 Å². The van der Waals surface area contributed by atoms with Gasteiger partial charge in [0, 0.05) is 19.4 Å². The van der Waals surface area contributed by atoms with Crippen molar-refractivity contribution in [3.8, 4) is 11.8 Å². The predicted octanol–water partition coefficient (Wildman–Crippen LogP) is 3.44. The van der Waals surface area contributed by atoms with Gasteiger partial charge in [-0.25, -0.2) is 0 Å². The lowest BCUT2D eigenvalue weighted by Gasteiger charge is -2.30. The summed E-state index contributed by atoms with van der Waals surface area (Å²) in [4.78, 5) is 24.1. The summed E-state index contributed by atoms with van der Waals surface area (Å²) in [5.74, 6) is 4.30. The lowest BCUT2D eigenvalue weighted by Crippen LogP contribution is -2.35. The van der Waals surface area contributed by atoms with Gasteiger partial charge in [-0.3, -0.25) is 9.59 Å². The fourth-order valence-corrected chi connectivity index (χ4v) is 4.01. The Morgan fingerprint density at radius 1 is 1.23 bits per heavy atom. The molecule has 6 atom stereocenters. The van der Waals surface area contributed by atoms with Gasteiger partial charge in [-0.1, -0.05) is 50.1 Å². The molecular formula is C24H33NO5. The number of esters is 1. The lowest BCUT2D eigenvalue weighted by molar-refractivity contribution is -0.150. The molecule has 0 bridgehead atoms. The average Bonchev–Trinajstić information content (AvgIpc) is 3.01. The van der Waals surface area contributed by atoms with Crippen LogP contribution in [-0.4, -0.2) is 30.4 Å². The molecular weight excluding hydrogens is 382 g/mol. The number of carbonyl (C=O) groups is 2. The summed E-state index contributed by atoms with van der Waals surface area (Å²) in [6.07, 6.45) is 2.07. The maximum atomic E-state index is 12.5. The predicted molar refractivity (Wildman–Crippen MR) is 114 cm³/mol. The molecule has 6 nitrogen and oxygen atoms in total. The molecule has 0 fully saturated rings. The Morgan fingerprint density at radius 3 is 2.57 bits per heavy atom. The van der Waals surface area contributed by atoms with Crippen LogP contribution in [0.1, 0.15) is 45.1 Å². The van der Waals surface area contributed by atoms with Crippen LogP contribution in [0, 0.1) is 41.4 Å². The van der Waals surface area contributed by atoms with E-state index in [1.54, 1.807) is 6.92 Å². The minimum absolute atomic E-state index is 0.0994. The van der Waals surface area contributed by atoms with E-state index in [4.69, 9.17) is 15.2 Å². The second-order valence-electron chi connectivity index (χ2n) is 8.15. The third kappa shape index (κ3) is 6.86. The van der Waals surface area contributed by atoms with Crippen molar-refractivity contribution in [2.45, 2.75) is 52.4 Å². The maximum absolute atomic E-state index is 12.5. The van der Waals surface area contributed by atoms with Crippen molar-refractivity contribution < 1.29 is 24.2 Å². The molecule has 6 heteroatoms. The monoisotopic (exact) mass is 415 g/mol. The SMILES string of the molecule is COC(N)CC(C1CC#CC(C(C)C(=O)OCc2ccccc2)CC1)[C@@H](C)C(=O)O. The van der Waals surface area contributed by atoms with E-state index < -0.39 is 18.1 Å². The molecule has 30 heavy (non-hydrogen) atoms. The highest BCUT2D eigenvalue weighted by Crippen LogP contribution is 2.35. The van der Waals surface area contributed by atoms with E-state index in [2.05, 4.69) is 11.8 Å². The molecule has 0 heterocycles. The van der Waals surface area contributed by atoms with Crippen molar-refractivity contribution in [2.75, 3.05) is 7.11 Å². The number of carboxylic acids is 1. The second kappa shape index (κ2) is 11.7. The molecule has 3 N–H and O–H groups in total. The number of benzene rings is 1. The van der Waals surface area contributed by atoms with Gasteiger partial charge in [0.1, 0.15) is 12.8 Å². The molecule has 0 aliphatic heterocycles. The molecule has 1 aliphatic carbocycles. The van der Waals surface area contributed by atoms with Crippen LogP contribution in [-0.2, 0) is 25.7 Å². The highest BCUT2D eigenvalue weighted by Gasteiger charge is 2.34. The summed E-state index contributed by atoms with van der Waals surface area (Å²) in [6, 6.07) is 9.58. The van der Waals surface area contributed by atoms with Gasteiger partial charge in [-0.2, -0.15) is 0 Å². The van der Waals surface area contributed by atoms with Gasteiger partial charge in [-0.05, 0) is 36.7 Å². The summed E-state index contributed by atoms with van der Waals surface area (Å²) in [6.45, 7) is 3.82. The standard InChI is InChI=1S/C24H33NO5/c1-16(24(28)30-15-18-8-5-4-6-9-18)19-10-7-11-20(13-12-19)21(14-22(25)29-3)17(2)23(26)27/h4-6,8-9,16-17,19-22H,11-15,25H2,1-3H3,(H,26,27)/t16?,17-,19?,20?,21?,22?/m1/s1. The molecule has 1 aromatic carbocycles. The van der Waals surface area contributed by atoms with Crippen molar-refractivity contribution >= 4 is 11.9 Å². The van der Waals surface area contributed by atoms with Gasteiger partial charge in [-0.15, -0.1) is 5.92 Å². The van der Waals surface area contributed by atoms with Crippen LogP contribution in [0.4, 0.5) is 0 Å². The first-order valence-corrected chi connectivity index (χ1v) is 10.5. The molecule has 0 saturated heterocycles. The van der Waals surface area contributed by atoms with Crippen LogP contribution < -0.4 is 5.73 Å². The number of carboxylic acid groups (broad SMARTS) is 1. The largest absolute Gasteiger partial charge is 0.481 e. The summed E-state index contributed by atoms with van der Waals surface area (Å²) in [5, 5.41) is 9.53. The van der Waals surface area contributed by atoms with E-state index in [1.807, 2.05) is 37.3 Å². The molecule has 0 spiro atoms. The number of carbonyl (C=O) groups excluding carboxylic acids is 1. The maximum Gasteiger partial charge on any atom is 0.310 e. The molecule has 1 aliphatic rings. The number of hydrogen-bond donors (Lipinski definition) is 2. The number of aliphatic carboxylic acids is 1. The fraction of sp³-hybridized carbons (Fsp3) is 0.583. The van der Waals surface area contributed by atoms with E-state index >= 15 is 0 Å². The first-order valence-electron chi connectivity index (χ1n) is 10.5. The van der Waals surface area contributed by atoms with Gasteiger partial charge in [0.15, 0.2) is 0 Å². The number of rotatable bonds is 10. The van der Waals surface area contributed by atoms with E-state index in [9.17, 15) is 14.7 Å². The number of methoxy groups -OCH3 is 1. The first kappa shape index (κ1) is 23.9. The summed E-state index contributed by atoms with van der Waals surface area (Å²) in [7, 11) is 1.53. The molecule has 2 rings (SSSR count). The minimum Gasteiger partial charge on any atom is -0.481 e. The van der Waals surface area contributed by atoms with Crippen LogP contribution in [0.3, 0.4) is 0 Å².